The maximum absolute atomic E-state index is 10.5. The van der Waals surface area contributed by atoms with Gasteiger partial charge in [-0.25, -0.2) is 0 Å². The van der Waals surface area contributed by atoms with Crippen molar-refractivity contribution in [3.63, 3.8) is 0 Å². The van der Waals surface area contributed by atoms with Crippen LogP contribution >= 0.6 is 0 Å². The molecule has 0 bridgehead atoms. The second-order valence-corrected chi connectivity index (χ2v) is 5.05. The second kappa shape index (κ2) is 8.08. The van der Waals surface area contributed by atoms with Gasteiger partial charge in [0.2, 0.25) is 0 Å². The number of rotatable bonds is 8. The Kier molecular flexibility index (Phi) is 5.83. The summed E-state index contributed by atoms with van der Waals surface area (Å²) in [5.41, 5.74) is 2.19. The Morgan fingerprint density at radius 2 is 1.41 bits per heavy atom. The Bertz CT molecular complexity index is 587. The number of aliphatic carboxylic acids is 1. The minimum Gasteiger partial charge on any atom is -0.490 e. The van der Waals surface area contributed by atoms with Gasteiger partial charge in [0.1, 0.15) is 24.7 Å². The highest BCUT2D eigenvalue weighted by Gasteiger charge is 2.00. The van der Waals surface area contributed by atoms with Crippen LogP contribution in [-0.4, -0.2) is 24.3 Å². The summed E-state index contributed by atoms with van der Waals surface area (Å²) >= 11 is 0. The van der Waals surface area contributed by atoms with Crippen LogP contribution in [-0.2, 0) is 11.2 Å². The highest BCUT2D eigenvalue weighted by molar-refractivity contribution is 5.67. The van der Waals surface area contributed by atoms with Gasteiger partial charge >= 0.3 is 5.97 Å². The van der Waals surface area contributed by atoms with Gasteiger partial charge in [0.15, 0.2) is 0 Å². The average Bonchev–Trinajstić information content (AvgIpc) is 2.52. The number of hydrogen-bond acceptors (Lipinski definition) is 3. The summed E-state index contributed by atoms with van der Waals surface area (Å²) in [6.45, 7) is 2.97. The van der Waals surface area contributed by atoms with Crippen molar-refractivity contribution in [1.82, 2.24) is 0 Å². The molecule has 2 rings (SSSR count). The van der Waals surface area contributed by atoms with Crippen LogP contribution in [0.3, 0.4) is 0 Å². The molecule has 0 saturated carbocycles. The van der Waals surface area contributed by atoms with Crippen LogP contribution in [0.1, 0.15) is 17.5 Å². The first kappa shape index (κ1) is 15.9. The molecular weight excluding hydrogens is 280 g/mol. The van der Waals surface area contributed by atoms with E-state index in [9.17, 15) is 4.79 Å². The number of carboxylic acids is 1. The molecule has 0 spiro atoms. The summed E-state index contributed by atoms with van der Waals surface area (Å²) in [5.74, 6) is 0.804. The van der Waals surface area contributed by atoms with E-state index in [1.807, 2.05) is 55.5 Å². The molecule has 0 atom stereocenters. The Balaban J connectivity index is 1.70. The van der Waals surface area contributed by atoms with Crippen LogP contribution in [0.25, 0.3) is 0 Å². The molecule has 0 fully saturated rings. The van der Waals surface area contributed by atoms with Crippen molar-refractivity contribution in [2.45, 2.75) is 19.8 Å². The van der Waals surface area contributed by atoms with E-state index in [2.05, 4.69) is 0 Å². The first-order chi connectivity index (χ1) is 10.6. The van der Waals surface area contributed by atoms with E-state index >= 15 is 0 Å². The molecule has 0 radical (unpaired) electrons. The van der Waals surface area contributed by atoms with Gasteiger partial charge in [-0.05, 0) is 43.2 Å². The van der Waals surface area contributed by atoms with Crippen LogP contribution < -0.4 is 9.47 Å². The highest BCUT2D eigenvalue weighted by Crippen LogP contribution is 2.14. The summed E-state index contributed by atoms with van der Waals surface area (Å²) in [4.78, 5) is 10.5. The second-order valence-electron chi connectivity index (χ2n) is 5.05. The van der Waals surface area contributed by atoms with Crippen molar-refractivity contribution in [2.75, 3.05) is 13.2 Å². The van der Waals surface area contributed by atoms with Crippen molar-refractivity contribution in [3.8, 4) is 11.5 Å². The van der Waals surface area contributed by atoms with Gasteiger partial charge in [-0.3, -0.25) is 4.79 Å². The van der Waals surface area contributed by atoms with E-state index in [1.165, 1.54) is 5.56 Å². The summed E-state index contributed by atoms with van der Waals surface area (Å²) in [7, 11) is 0. The van der Waals surface area contributed by atoms with Gasteiger partial charge in [-0.2, -0.15) is 0 Å². The molecule has 0 unspecified atom stereocenters. The summed E-state index contributed by atoms with van der Waals surface area (Å²) in [5, 5.41) is 8.64. The molecule has 4 nitrogen and oxygen atoms in total. The summed E-state index contributed by atoms with van der Waals surface area (Å²) < 4.78 is 11.2. The van der Waals surface area contributed by atoms with Gasteiger partial charge in [-0.15, -0.1) is 0 Å². The van der Waals surface area contributed by atoms with E-state index in [4.69, 9.17) is 14.6 Å². The maximum Gasteiger partial charge on any atom is 0.303 e. The summed E-state index contributed by atoms with van der Waals surface area (Å²) in [6.07, 6.45) is 0.677. The third-order valence-corrected chi connectivity index (χ3v) is 3.19. The first-order valence-corrected chi connectivity index (χ1v) is 7.26. The quantitative estimate of drug-likeness (QED) is 0.758. The van der Waals surface area contributed by atoms with Gasteiger partial charge in [0.25, 0.3) is 0 Å². The number of hydrogen-bond donors (Lipinski definition) is 1. The molecular formula is C18H20O4. The van der Waals surface area contributed by atoms with E-state index in [0.717, 1.165) is 17.1 Å². The lowest BCUT2D eigenvalue weighted by atomic mass is 10.1. The molecule has 0 aliphatic carbocycles. The minimum absolute atomic E-state index is 0.143. The number of aryl methyl sites for hydroxylation is 2. The Morgan fingerprint density at radius 3 is 1.91 bits per heavy atom. The number of carboxylic acid groups (broad SMARTS) is 1. The molecule has 0 heterocycles. The average molecular weight is 300 g/mol. The monoisotopic (exact) mass is 300 g/mol. The molecule has 0 amide bonds. The third kappa shape index (κ3) is 5.48. The first-order valence-electron chi connectivity index (χ1n) is 7.26. The van der Waals surface area contributed by atoms with Crippen LogP contribution in [0.4, 0.5) is 0 Å². The molecule has 0 saturated heterocycles. The van der Waals surface area contributed by atoms with Gasteiger partial charge in [0, 0.05) is 6.42 Å². The molecule has 2 aromatic carbocycles. The Morgan fingerprint density at radius 1 is 0.909 bits per heavy atom. The highest BCUT2D eigenvalue weighted by atomic mass is 16.5. The van der Waals surface area contributed by atoms with Crippen molar-refractivity contribution < 1.29 is 19.4 Å². The smallest absolute Gasteiger partial charge is 0.303 e. The predicted molar refractivity (Wildman–Crippen MR) is 84.6 cm³/mol. The molecule has 1 N–H and O–H groups in total. The zero-order valence-electron chi connectivity index (χ0n) is 12.6. The molecule has 4 heteroatoms. The lowest BCUT2D eigenvalue weighted by Crippen LogP contribution is -2.09. The zero-order chi connectivity index (χ0) is 15.8. The lowest BCUT2D eigenvalue weighted by Gasteiger charge is -2.09. The molecule has 116 valence electrons. The molecule has 0 aliphatic rings. The normalized spacial score (nSPS) is 10.2. The topological polar surface area (TPSA) is 55.8 Å². The van der Waals surface area contributed by atoms with E-state index in [1.54, 1.807) is 0 Å². The van der Waals surface area contributed by atoms with Gasteiger partial charge in [-0.1, -0.05) is 29.8 Å². The van der Waals surface area contributed by atoms with Gasteiger partial charge < -0.3 is 14.6 Å². The van der Waals surface area contributed by atoms with Crippen molar-refractivity contribution in [1.29, 1.82) is 0 Å². The van der Waals surface area contributed by atoms with Crippen LogP contribution in [0, 0.1) is 6.92 Å². The Hall–Kier alpha value is -2.49. The van der Waals surface area contributed by atoms with E-state index < -0.39 is 5.97 Å². The van der Waals surface area contributed by atoms with Crippen LogP contribution in [0.2, 0.25) is 0 Å². The fraction of sp³-hybridized carbons (Fsp3) is 0.278. The fourth-order valence-corrected chi connectivity index (χ4v) is 1.96. The fourth-order valence-electron chi connectivity index (χ4n) is 1.96. The van der Waals surface area contributed by atoms with Gasteiger partial charge in [0.05, 0.1) is 0 Å². The molecule has 2 aromatic rings. The van der Waals surface area contributed by atoms with Crippen molar-refractivity contribution in [3.05, 3.63) is 59.7 Å². The number of carbonyl (C=O) groups is 1. The zero-order valence-corrected chi connectivity index (χ0v) is 12.6. The SMILES string of the molecule is Cc1ccc(OCCOc2ccc(CCC(=O)O)cc2)cc1. The largest absolute Gasteiger partial charge is 0.490 e. The van der Waals surface area contributed by atoms with E-state index in [-0.39, 0.29) is 6.42 Å². The predicted octanol–water partition coefficient (Wildman–Crippen LogP) is 3.47. The molecule has 0 aliphatic heterocycles. The Labute approximate surface area is 130 Å². The standard InChI is InChI=1S/C18H20O4/c1-14-2-7-16(8-3-14)21-12-13-22-17-9-4-15(5-10-17)6-11-18(19)20/h2-5,7-10H,6,11-13H2,1H3,(H,19,20). The van der Waals surface area contributed by atoms with E-state index in [0.29, 0.717) is 19.6 Å². The van der Waals surface area contributed by atoms with Crippen LogP contribution in [0.15, 0.2) is 48.5 Å². The lowest BCUT2D eigenvalue weighted by molar-refractivity contribution is -0.136. The van der Waals surface area contributed by atoms with Crippen molar-refractivity contribution in [2.24, 2.45) is 0 Å². The minimum atomic E-state index is -0.784. The van der Waals surface area contributed by atoms with Crippen LogP contribution in [0.5, 0.6) is 11.5 Å². The van der Waals surface area contributed by atoms with Crippen molar-refractivity contribution >= 4 is 5.97 Å². The molecule has 0 aromatic heterocycles. The summed E-state index contributed by atoms with van der Waals surface area (Å²) in [6, 6.07) is 15.4. The third-order valence-electron chi connectivity index (χ3n) is 3.19. The molecule has 22 heavy (non-hydrogen) atoms. The number of ether oxygens (including phenoxy) is 2. The maximum atomic E-state index is 10.5. The number of benzene rings is 2.